The zero-order chi connectivity index (χ0) is 24.1. The Morgan fingerprint density at radius 2 is 1.91 bits per heavy atom. The van der Waals surface area contributed by atoms with Crippen LogP contribution in [0.1, 0.15) is 40.2 Å². The molecule has 0 atom stereocenters. The van der Waals surface area contributed by atoms with Gasteiger partial charge in [0.05, 0.1) is 18.4 Å². The maximum atomic E-state index is 12.9. The molecule has 1 N–H and O–H groups in total. The van der Waals surface area contributed by atoms with Crippen LogP contribution in [0, 0.1) is 0 Å². The second-order valence-corrected chi connectivity index (χ2v) is 10.0. The SMILES string of the molecule is COCCN(C)Cc1ccc(C(=O)Nc2nc3c(OC)ccc(C4CCN(C)CC4)c3s2)cc1. The molecule has 1 saturated heterocycles. The van der Waals surface area contributed by atoms with Gasteiger partial charge in [0.2, 0.25) is 0 Å². The Labute approximate surface area is 205 Å². The number of likely N-dealkylation sites (N-methyl/N-ethyl adjacent to an activating group) is 1. The van der Waals surface area contributed by atoms with Crippen molar-refractivity contribution in [2.75, 3.05) is 59.9 Å². The number of ether oxygens (including phenoxy) is 2. The fraction of sp³-hybridized carbons (Fsp3) is 0.462. The number of likely N-dealkylation sites (tertiary alicyclic amines) is 1. The van der Waals surface area contributed by atoms with E-state index in [4.69, 9.17) is 14.5 Å². The fourth-order valence-electron chi connectivity index (χ4n) is 4.43. The summed E-state index contributed by atoms with van der Waals surface area (Å²) in [4.78, 5) is 22.2. The van der Waals surface area contributed by atoms with Crippen LogP contribution >= 0.6 is 11.3 Å². The van der Waals surface area contributed by atoms with E-state index in [-0.39, 0.29) is 5.91 Å². The maximum absolute atomic E-state index is 12.9. The van der Waals surface area contributed by atoms with Gasteiger partial charge in [0, 0.05) is 25.8 Å². The maximum Gasteiger partial charge on any atom is 0.257 e. The molecule has 0 aliphatic carbocycles. The van der Waals surface area contributed by atoms with E-state index in [1.54, 1.807) is 14.2 Å². The van der Waals surface area contributed by atoms with Crippen LogP contribution in [-0.2, 0) is 11.3 Å². The number of hydrogen-bond acceptors (Lipinski definition) is 7. The number of anilines is 1. The minimum absolute atomic E-state index is 0.154. The van der Waals surface area contributed by atoms with Gasteiger partial charge in [0.1, 0.15) is 11.3 Å². The van der Waals surface area contributed by atoms with Crippen LogP contribution in [0.2, 0.25) is 0 Å². The molecule has 1 aliphatic rings. The highest BCUT2D eigenvalue weighted by Crippen LogP contribution is 2.40. The Balaban J connectivity index is 1.49. The number of piperidine rings is 1. The number of nitrogens with zero attached hydrogens (tertiary/aromatic N) is 3. The molecular formula is C26H34N4O3S. The second-order valence-electron chi connectivity index (χ2n) is 9.01. The van der Waals surface area contributed by atoms with Gasteiger partial charge in [-0.2, -0.15) is 0 Å². The van der Waals surface area contributed by atoms with Gasteiger partial charge >= 0.3 is 0 Å². The van der Waals surface area contributed by atoms with E-state index in [1.165, 1.54) is 16.9 Å². The molecule has 34 heavy (non-hydrogen) atoms. The highest BCUT2D eigenvalue weighted by molar-refractivity contribution is 7.22. The van der Waals surface area contributed by atoms with Crippen molar-refractivity contribution < 1.29 is 14.3 Å². The summed E-state index contributed by atoms with van der Waals surface area (Å²) in [6.45, 7) is 4.56. The summed E-state index contributed by atoms with van der Waals surface area (Å²) in [6.07, 6.45) is 2.26. The van der Waals surface area contributed by atoms with Crippen molar-refractivity contribution in [1.29, 1.82) is 0 Å². The predicted molar refractivity (Wildman–Crippen MR) is 138 cm³/mol. The highest BCUT2D eigenvalue weighted by atomic mass is 32.1. The minimum atomic E-state index is -0.154. The first-order chi connectivity index (χ1) is 16.5. The molecule has 7 nitrogen and oxygen atoms in total. The molecule has 2 heterocycles. The number of benzene rings is 2. The van der Waals surface area contributed by atoms with Crippen molar-refractivity contribution in [2.24, 2.45) is 0 Å². The van der Waals surface area contributed by atoms with Crippen molar-refractivity contribution in [3.05, 3.63) is 53.1 Å². The first-order valence-electron chi connectivity index (χ1n) is 11.7. The molecule has 1 aliphatic heterocycles. The number of aromatic nitrogens is 1. The number of rotatable bonds is 9. The Morgan fingerprint density at radius 3 is 2.59 bits per heavy atom. The molecule has 8 heteroatoms. The molecule has 182 valence electrons. The molecule has 1 fully saturated rings. The van der Waals surface area contributed by atoms with Crippen molar-refractivity contribution >= 4 is 32.6 Å². The summed E-state index contributed by atoms with van der Waals surface area (Å²) in [6, 6.07) is 11.9. The number of thiazole rings is 1. The van der Waals surface area contributed by atoms with Crippen LogP contribution < -0.4 is 10.1 Å². The summed E-state index contributed by atoms with van der Waals surface area (Å²) >= 11 is 1.53. The fourth-order valence-corrected chi connectivity index (χ4v) is 5.50. The largest absolute Gasteiger partial charge is 0.494 e. The normalized spacial score (nSPS) is 15.2. The number of hydrogen-bond donors (Lipinski definition) is 1. The van der Waals surface area contributed by atoms with Crippen molar-refractivity contribution in [2.45, 2.75) is 25.3 Å². The topological polar surface area (TPSA) is 66.9 Å². The summed E-state index contributed by atoms with van der Waals surface area (Å²) in [5.74, 6) is 1.09. The molecule has 1 aromatic heterocycles. The molecule has 0 bridgehead atoms. The Kier molecular flexibility index (Phi) is 8.15. The van der Waals surface area contributed by atoms with Gasteiger partial charge in [-0.25, -0.2) is 4.98 Å². The molecule has 0 radical (unpaired) electrons. The van der Waals surface area contributed by atoms with Crippen LogP contribution in [0.5, 0.6) is 5.75 Å². The van der Waals surface area contributed by atoms with Gasteiger partial charge < -0.3 is 14.4 Å². The molecule has 1 amide bonds. The average molecular weight is 483 g/mol. The Bertz CT molecular complexity index is 1110. The smallest absolute Gasteiger partial charge is 0.257 e. The molecule has 4 rings (SSSR count). The number of fused-ring (bicyclic) bond motifs is 1. The third-order valence-corrected chi connectivity index (χ3v) is 7.50. The highest BCUT2D eigenvalue weighted by Gasteiger charge is 2.23. The third kappa shape index (κ3) is 5.75. The van der Waals surface area contributed by atoms with E-state index in [0.29, 0.717) is 23.2 Å². The second kappa shape index (κ2) is 11.3. The summed E-state index contributed by atoms with van der Waals surface area (Å²) in [5.41, 5.74) is 3.91. The van der Waals surface area contributed by atoms with Gasteiger partial charge in [-0.1, -0.05) is 29.5 Å². The number of methoxy groups -OCH3 is 2. The molecule has 3 aromatic rings. The summed E-state index contributed by atoms with van der Waals surface area (Å²) in [5, 5.41) is 3.60. The Morgan fingerprint density at radius 1 is 1.18 bits per heavy atom. The zero-order valence-electron chi connectivity index (χ0n) is 20.5. The van der Waals surface area contributed by atoms with E-state index < -0.39 is 0 Å². The van der Waals surface area contributed by atoms with Gasteiger partial charge in [-0.3, -0.25) is 15.0 Å². The van der Waals surface area contributed by atoms with Gasteiger partial charge in [0.25, 0.3) is 5.91 Å². The van der Waals surface area contributed by atoms with Crippen LogP contribution in [0.4, 0.5) is 5.13 Å². The first-order valence-corrected chi connectivity index (χ1v) is 12.5. The minimum Gasteiger partial charge on any atom is -0.494 e. The molecule has 0 saturated carbocycles. The summed E-state index contributed by atoms with van der Waals surface area (Å²) < 4.78 is 11.8. The monoisotopic (exact) mass is 482 g/mol. The quantitative estimate of drug-likeness (QED) is 0.486. The number of carbonyl (C=O) groups is 1. The van der Waals surface area contributed by atoms with Crippen LogP contribution in [0.25, 0.3) is 10.2 Å². The zero-order valence-corrected chi connectivity index (χ0v) is 21.3. The summed E-state index contributed by atoms with van der Waals surface area (Å²) in [7, 11) is 7.60. The van der Waals surface area contributed by atoms with E-state index >= 15 is 0 Å². The van der Waals surface area contributed by atoms with E-state index in [2.05, 4.69) is 35.3 Å². The van der Waals surface area contributed by atoms with E-state index in [1.807, 2.05) is 30.3 Å². The lowest BCUT2D eigenvalue weighted by Gasteiger charge is -2.29. The van der Waals surface area contributed by atoms with Crippen molar-refractivity contribution in [3.8, 4) is 5.75 Å². The number of nitrogens with one attached hydrogen (secondary N) is 1. The third-order valence-electron chi connectivity index (χ3n) is 6.48. The lowest BCUT2D eigenvalue weighted by molar-refractivity contribution is 0.102. The van der Waals surface area contributed by atoms with Crippen LogP contribution in [-0.4, -0.2) is 75.2 Å². The lowest BCUT2D eigenvalue weighted by atomic mass is 9.89. The average Bonchev–Trinajstić information content (AvgIpc) is 3.26. The van der Waals surface area contributed by atoms with E-state index in [9.17, 15) is 4.79 Å². The van der Waals surface area contributed by atoms with Crippen molar-refractivity contribution in [3.63, 3.8) is 0 Å². The predicted octanol–water partition coefficient (Wildman–Crippen LogP) is 4.44. The standard InChI is InChI=1S/C26H34N4O3S/c1-29-13-11-19(12-14-29)21-9-10-22(33-4)23-24(21)34-26(27-23)28-25(31)20-7-5-18(6-8-20)17-30(2)15-16-32-3/h5-10,19H,11-17H2,1-4H3,(H,27,28,31). The first kappa shape index (κ1) is 24.6. The van der Waals surface area contributed by atoms with Crippen LogP contribution in [0.3, 0.4) is 0 Å². The lowest BCUT2D eigenvalue weighted by Crippen LogP contribution is -2.29. The van der Waals surface area contributed by atoms with Crippen molar-refractivity contribution in [1.82, 2.24) is 14.8 Å². The number of carbonyl (C=O) groups excluding carboxylic acids is 1. The number of amides is 1. The Hall–Kier alpha value is -2.52. The molecule has 0 spiro atoms. The van der Waals surface area contributed by atoms with Crippen LogP contribution in [0.15, 0.2) is 36.4 Å². The molecule has 0 unspecified atom stereocenters. The van der Waals surface area contributed by atoms with Gasteiger partial charge in [-0.05, 0) is 75.3 Å². The van der Waals surface area contributed by atoms with Gasteiger partial charge in [0.15, 0.2) is 5.13 Å². The van der Waals surface area contributed by atoms with Gasteiger partial charge in [-0.15, -0.1) is 0 Å². The molecular weight excluding hydrogens is 448 g/mol. The molecule has 2 aromatic carbocycles. The van der Waals surface area contributed by atoms with E-state index in [0.717, 1.165) is 60.6 Å².